The molecule has 7 heteroatoms. The predicted molar refractivity (Wildman–Crippen MR) is 84.5 cm³/mol. The summed E-state index contributed by atoms with van der Waals surface area (Å²) in [6.45, 7) is 2.00. The summed E-state index contributed by atoms with van der Waals surface area (Å²) >= 11 is 0. The van der Waals surface area contributed by atoms with Crippen LogP contribution in [0.25, 0.3) is 5.52 Å². The Balaban J connectivity index is 1.98. The summed E-state index contributed by atoms with van der Waals surface area (Å²) in [6.07, 6.45) is 4.08. The van der Waals surface area contributed by atoms with Gasteiger partial charge in [0.05, 0.1) is 17.5 Å². The van der Waals surface area contributed by atoms with E-state index in [1.807, 2.05) is 12.1 Å². The molecule has 0 aliphatic carbocycles. The third kappa shape index (κ3) is 4.98. The summed E-state index contributed by atoms with van der Waals surface area (Å²) in [5.41, 5.74) is 2.14. The van der Waals surface area contributed by atoms with E-state index in [9.17, 15) is 9.18 Å². The van der Waals surface area contributed by atoms with Crippen molar-refractivity contribution in [1.82, 2.24) is 14.9 Å². The lowest BCUT2D eigenvalue weighted by Gasteiger charge is -2.09. The molecular formula is C16H20FN3O3. The lowest BCUT2D eigenvalue weighted by atomic mass is 10.2. The minimum atomic E-state index is -1.20. The molecule has 1 amide bonds. The molecule has 0 saturated heterocycles. The molecular weight excluding hydrogens is 301 g/mol. The lowest BCUT2D eigenvalue weighted by molar-refractivity contribution is 0.195. The van der Waals surface area contributed by atoms with Crippen molar-refractivity contribution in [2.75, 3.05) is 13.2 Å². The van der Waals surface area contributed by atoms with Gasteiger partial charge in [0.25, 0.3) is 0 Å². The number of hydrogen-bond donors (Lipinski definition) is 2. The molecule has 2 N–H and O–H groups in total. The monoisotopic (exact) mass is 321 g/mol. The number of nitrogens with zero attached hydrogens (tertiary/aromatic N) is 2. The summed E-state index contributed by atoms with van der Waals surface area (Å²) in [4.78, 5) is 10.4. The number of unbranched alkanes of at least 4 members (excludes halogenated alkanes) is 1. The largest absolute Gasteiger partial charge is 0.489 e. The van der Waals surface area contributed by atoms with Crippen LogP contribution in [-0.2, 0) is 6.42 Å². The fourth-order valence-corrected chi connectivity index (χ4v) is 2.08. The summed E-state index contributed by atoms with van der Waals surface area (Å²) in [5, 5.41) is 15.1. The van der Waals surface area contributed by atoms with Gasteiger partial charge in [-0.15, -0.1) is 0 Å². The molecule has 2 heterocycles. The van der Waals surface area contributed by atoms with Gasteiger partial charge in [0.2, 0.25) is 0 Å². The van der Waals surface area contributed by atoms with Crippen LogP contribution in [0.15, 0.2) is 36.3 Å². The van der Waals surface area contributed by atoms with E-state index in [-0.39, 0.29) is 18.7 Å². The Bertz CT molecular complexity index is 697. The number of carbonyl (C=O) groups is 1. The van der Waals surface area contributed by atoms with E-state index in [2.05, 4.69) is 17.3 Å². The van der Waals surface area contributed by atoms with Crippen molar-refractivity contribution in [3.05, 3.63) is 42.0 Å². The standard InChI is InChI=1S/C16H20FN3O3/c1-2-3-4-13-7-14-8-15(5-6-20(14)19-13)23-11-12(9-17)10-18-16(21)22/h5-9,18H,2-4,10-11H2,1H3,(H,21,22)/b12-9+. The van der Waals surface area contributed by atoms with Gasteiger partial charge in [-0.3, -0.25) is 0 Å². The average Bonchev–Trinajstić information content (AvgIpc) is 2.94. The third-order valence-electron chi connectivity index (χ3n) is 3.32. The maximum Gasteiger partial charge on any atom is 0.404 e. The van der Waals surface area contributed by atoms with Crippen molar-refractivity contribution in [3.8, 4) is 5.75 Å². The van der Waals surface area contributed by atoms with Crippen molar-refractivity contribution in [2.45, 2.75) is 26.2 Å². The van der Waals surface area contributed by atoms with Crippen LogP contribution in [0.1, 0.15) is 25.5 Å². The minimum Gasteiger partial charge on any atom is -0.489 e. The lowest BCUT2D eigenvalue weighted by Crippen LogP contribution is -2.25. The maximum absolute atomic E-state index is 12.7. The molecule has 6 nitrogen and oxygen atoms in total. The maximum atomic E-state index is 12.7. The molecule has 0 saturated carbocycles. The summed E-state index contributed by atoms with van der Waals surface area (Å²) in [6, 6.07) is 5.56. The third-order valence-corrected chi connectivity index (χ3v) is 3.32. The fourth-order valence-electron chi connectivity index (χ4n) is 2.08. The predicted octanol–water partition coefficient (Wildman–Crippen LogP) is 3.18. The first-order valence-corrected chi connectivity index (χ1v) is 7.48. The van der Waals surface area contributed by atoms with Crippen LogP contribution in [-0.4, -0.2) is 34.0 Å². The van der Waals surface area contributed by atoms with Gasteiger partial charge < -0.3 is 15.2 Å². The highest BCUT2D eigenvalue weighted by molar-refractivity contribution is 5.64. The zero-order chi connectivity index (χ0) is 16.7. The fraction of sp³-hybridized carbons (Fsp3) is 0.375. The molecule has 2 aromatic rings. The zero-order valence-electron chi connectivity index (χ0n) is 13.0. The molecule has 2 aromatic heterocycles. The highest BCUT2D eigenvalue weighted by Crippen LogP contribution is 2.17. The second kappa shape index (κ2) is 8.17. The molecule has 0 aromatic carbocycles. The van der Waals surface area contributed by atoms with Crippen molar-refractivity contribution in [2.24, 2.45) is 0 Å². The number of nitrogens with one attached hydrogen (secondary N) is 1. The Kier molecular flexibility index (Phi) is 5.96. The summed E-state index contributed by atoms with van der Waals surface area (Å²) in [5.74, 6) is 0.578. The van der Waals surface area contributed by atoms with Crippen LogP contribution in [0.2, 0.25) is 0 Å². The summed E-state index contributed by atoms with van der Waals surface area (Å²) in [7, 11) is 0. The van der Waals surface area contributed by atoms with Crippen molar-refractivity contribution in [1.29, 1.82) is 0 Å². The SMILES string of the molecule is CCCCc1cc2cc(OC/C(=C/F)CNC(=O)O)ccn2n1. The van der Waals surface area contributed by atoms with Crippen molar-refractivity contribution in [3.63, 3.8) is 0 Å². The highest BCUT2D eigenvalue weighted by atomic mass is 19.1. The van der Waals surface area contributed by atoms with E-state index in [0.717, 1.165) is 30.5 Å². The number of amides is 1. The molecule has 2 rings (SSSR count). The Morgan fingerprint density at radius 2 is 2.35 bits per heavy atom. The number of fused-ring (bicyclic) bond motifs is 1. The molecule has 0 aliphatic rings. The molecule has 0 aliphatic heterocycles. The first kappa shape index (κ1) is 16.8. The van der Waals surface area contributed by atoms with E-state index < -0.39 is 6.09 Å². The van der Waals surface area contributed by atoms with Gasteiger partial charge in [0.1, 0.15) is 12.4 Å². The van der Waals surface area contributed by atoms with Crippen LogP contribution < -0.4 is 10.1 Å². The number of pyridine rings is 1. The van der Waals surface area contributed by atoms with Gasteiger partial charge in [0.15, 0.2) is 0 Å². The van der Waals surface area contributed by atoms with Gasteiger partial charge in [-0.1, -0.05) is 13.3 Å². The van der Waals surface area contributed by atoms with Crippen LogP contribution in [0.4, 0.5) is 9.18 Å². The van der Waals surface area contributed by atoms with Gasteiger partial charge in [-0.2, -0.15) is 5.10 Å². The number of carboxylic acid groups (broad SMARTS) is 1. The quantitative estimate of drug-likeness (QED) is 0.783. The van der Waals surface area contributed by atoms with Crippen molar-refractivity contribution >= 4 is 11.6 Å². The Hall–Kier alpha value is -2.57. The zero-order valence-corrected chi connectivity index (χ0v) is 13.0. The Morgan fingerprint density at radius 1 is 1.52 bits per heavy atom. The number of hydrogen-bond acceptors (Lipinski definition) is 3. The molecule has 0 radical (unpaired) electrons. The number of aryl methyl sites for hydroxylation is 1. The molecule has 0 unspecified atom stereocenters. The van der Waals surface area contributed by atoms with Gasteiger partial charge in [0, 0.05) is 24.4 Å². The van der Waals surface area contributed by atoms with Crippen LogP contribution in [0, 0.1) is 0 Å². The van der Waals surface area contributed by atoms with Crippen LogP contribution >= 0.6 is 0 Å². The molecule has 124 valence electrons. The van der Waals surface area contributed by atoms with Gasteiger partial charge in [-0.25, -0.2) is 13.7 Å². The second-order valence-corrected chi connectivity index (χ2v) is 5.19. The van der Waals surface area contributed by atoms with Crippen LogP contribution in [0.3, 0.4) is 0 Å². The van der Waals surface area contributed by atoms with E-state index in [0.29, 0.717) is 12.1 Å². The topological polar surface area (TPSA) is 75.9 Å². The van der Waals surface area contributed by atoms with E-state index >= 15 is 0 Å². The smallest absolute Gasteiger partial charge is 0.404 e. The molecule has 23 heavy (non-hydrogen) atoms. The molecule has 0 atom stereocenters. The average molecular weight is 321 g/mol. The second-order valence-electron chi connectivity index (χ2n) is 5.19. The Labute approximate surface area is 133 Å². The van der Waals surface area contributed by atoms with E-state index in [1.54, 1.807) is 16.8 Å². The minimum absolute atomic E-state index is 0.0240. The van der Waals surface area contributed by atoms with Gasteiger partial charge in [-0.05, 0) is 25.0 Å². The Morgan fingerprint density at radius 3 is 3.04 bits per heavy atom. The number of halogens is 1. The molecule has 0 spiro atoms. The highest BCUT2D eigenvalue weighted by Gasteiger charge is 2.05. The van der Waals surface area contributed by atoms with Crippen LogP contribution in [0.5, 0.6) is 5.75 Å². The normalized spacial score (nSPS) is 11.7. The van der Waals surface area contributed by atoms with E-state index in [1.165, 1.54) is 0 Å². The van der Waals surface area contributed by atoms with Gasteiger partial charge >= 0.3 is 6.09 Å². The number of aromatic nitrogens is 2. The molecule has 0 fully saturated rings. The van der Waals surface area contributed by atoms with E-state index in [4.69, 9.17) is 9.84 Å². The van der Waals surface area contributed by atoms with Crippen molar-refractivity contribution < 1.29 is 19.0 Å². The summed E-state index contributed by atoms with van der Waals surface area (Å²) < 4.78 is 20.0. The molecule has 0 bridgehead atoms. The first-order chi connectivity index (χ1) is 11.1. The first-order valence-electron chi connectivity index (χ1n) is 7.48. The number of ether oxygens (including phenoxy) is 1. The number of rotatable bonds is 8.